The number of nitrogens with zero attached hydrogens (tertiary/aromatic N) is 3. The maximum Gasteiger partial charge on any atom is 0.263 e. The first-order valence-electron chi connectivity index (χ1n) is 9.37. The van der Waals surface area contributed by atoms with Gasteiger partial charge in [0, 0.05) is 26.1 Å². The van der Waals surface area contributed by atoms with Gasteiger partial charge in [0.15, 0.2) is 0 Å². The molecule has 31 heavy (non-hydrogen) atoms. The summed E-state index contributed by atoms with van der Waals surface area (Å²) >= 11 is 6.25. The molecule has 156 valence electrons. The molecule has 0 aromatic carbocycles. The zero-order chi connectivity index (χ0) is 21.4. The number of amides is 1. The van der Waals surface area contributed by atoms with Crippen LogP contribution in [0.25, 0.3) is 31.2 Å². The van der Waals surface area contributed by atoms with Gasteiger partial charge in [0.1, 0.15) is 11.4 Å². The molecule has 0 radical (unpaired) electrons. The minimum Gasteiger partial charge on any atom is -0.350 e. The van der Waals surface area contributed by atoms with Crippen LogP contribution in [0.5, 0.6) is 0 Å². The summed E-state index contributed by atoms with van der Waals surface area (Å²) in [7, 11) is 0. The van der Waals surface area contributed by atoms with Gasteiger partial charge in [-0.05, 0) is 30.5 Å². The Labute approximate surface area is 193 Å². The van der Waals surface area contributed by atoms with E-state index in [0.717, 1.165) is 30.9 Å². The number of hydrogen-bond acceptors (Lipinski definition) is 8. The highest BCUT2D eigenvalue weighted by atomic mass is 32.1. The molecule has 5 heterocycles. The molecule has 0 aliphatic carbocycles. The summed E-state index contributed by atoms with van der Waals surface area (Å²) in [5.41, 5.74) is 1.65. The first-order chi connectivity index (χ1) is 15.1. The summed E-state index contributed by atoms with van der Waals surface area (Å²) in [6, 6.07) is 7.95. The molecule has 5 rings (SSSR count). The van der Waals surface area contributed by atoms with E-state index in [9.17, 15) is 9.59 Å². The minimum atomic E-state index is -0.226. The normalized spacial score (nSPS) is 11.3. The summed E-state index contributed by atoms with van der Waals surface area (Å²) in [6.07, 6.45) is 1.45. The largest absolute Gasteiger partial charge is 0.350 e. The average molecular weight is 485 g/mol. The van der Waals surface area contributed by atoms with Crippen LogP contribution in [0.15, 0.2) is 51.5 Å². The van der Waals surface area contributed by atoms with Crippen molar-refractivity contribution in [3.63, 3.8) is 0 Å². The van der Waals surface area contributed by atoms with Crippen molar-refractivity contribution in [2.24, 2.45) is 0 Å². The summed E-state index contributed by atoms with van der Waals surface area (Å²) in [4.78, 5) is 38.2. The second-order valence-electron chi connectivity index (χ2n) is 6.78. The van der Waals surface area contributed by atoms with Crippen LogP contribution in [-0.2, 0) is 17.9 Å². The molecule has 1 amide bonds. The predicted octanol–water partition coefficient (Wildman–Crippen LogP) is 5.00. The molecule has 1 N–H and O–H groups in total. The smallest absolute Gasteiger partial charge is 0.263 e. The second-order valence-corrected chi connectivity index (χ2v) is 10.8. The minimum absolute atomic E-state index is 0.0645. The predicted molar refractivity (Wildman–Crippen MR) is 129 cm³/mol. The molecule has 10 heteroatoms. The number of thiazole rings is 1. The van der Waals surface area contributed by atoms with Gasteiger partial charge < -0.3 is 5.32 Å². The Kier molecular flexibility index (Phi) is 5.53. The van der Waals surface area contributed by atoms with E-state index >= 15 is 0 Å². The Hall–Kier alpha value is -2.66. The average Bonchev–Trinajstić information content (AvgIpc) is 3.54. The van der Waals surface area contributed by atoms with Gasteiger partial charge in [-0.25, -0.2) is 9.97 Å². The Balaban J connectivity index is 1.30. The lowest BCUT2D eigenvalue weighted by Gasteiger charge is -2.07. The number of aryl methyl sites for hydroxylation is 1. The molecular formula is C21H16N4O2S4. The highest BCUT2D eigenvalue weighted by Gasteiger charge is 2.15. The zero-order valence-corrected chi connectivity index (χ0v) is 19.6. The SMILES string of the molecule is Cc1nc(-c2ccc(CNC(=O)Cn3cnc4scc(-c5cccs5)c4c3=O)s2)cs1. The summed E-state index contributed by atoms with van der Waals surface area (Å²) < 4.78 is 1.37. The van der Waals surface area contributed by atoms with Crippen molar-refractivity contribution in [3.05, 3.63) is 67.0 Å². The Bertz CT molecular complexity index is 1430. The molecule has 6 nitrogen and oxygen atoms in total. The van der Waals surface area contributed by atoms with Crippen LogP contribution in [0.1, 0.15) is 9.88 Å². The highest BCUT2D eigenvalue weighted by molar-refractivity contribution is 7.18. The molecule has 0 saturated heterocycles. The molecular weight excluding hydrogens is 469 g/mol. The van der Waals surface area contributed by atoms with Crippen molar-refractivity contribution in [2.75, 3.05) is 0 Å². The van der Waals surface area contributed by atoms with Crippen LogP contribution < -0.4 is 10.9 Å². The van der Waals surface area contributed by atoms with Crippen LogP contribution >= 0.6 is 45.3 Å². The highest BCUT2D eigenvalue weighted by Crippen LogP contribution is 2.33. The third-order valence-corrected chi connectivity index (χ3v) is 8.32. The fourth-order valence-electron chi connectivity index (χ4n) is 3.18. The molecule has 0 aliphatic rings. The van der Waals surface area contributed by atoms with Crippen LogP contribution in [-0.4, -0.2) is 20.4 Å². The third-order valence-electron chi connectivity index (χ3n) is 4.65. The van der Waals surface area contributed by atoms with Crippen molar-refractivity contribution < 1.29 is 4.79 Å². The van der Waals surface area contributed by atoms with Crippen molar-refractivity contribution in [1.82, 2.24) is 19.9 Å². The van der Waals surface area contributed by atoms with Crippen LogP contribution in [0.2, 0.25) is 0 Å². The Morgan fingerprint density at radius 1 is 1.13 bits per heavy atom. The third kappa shape index (κ3) is 4.11. The lowest BCUT2D eigenvalue weighted by atomic mass is 10.2. The standard InChI is InChI=1S/C21H16N4O2S4/c1-12-24-15(10-29-12)17-5-4-13(31-17)7-22-18(26)8-25-11-23-20-19(21(25)27)14(9-30-20)16-3-2-6-28-16/h2-6,9-11H,7-8H2,1H3,(H,22,26). The number of fused-ring (bicyclic) bond motifs is 1. The number of carbonyl (C=O) groups is 1. The number of nitrogens with one attached hydrogen (secondary N) is 1. The fraction of sp³-hybridized carbons (Fsp3) is 0.143. The van der Waals surface area contributed by atoms with E-state index in [0.29, 0.717) is 16.8 Å². The van der Waals surface area contributed by atoms with Gasteiger partial charge in [-0.3, -0.25) is 14.2 Å². The van der Waals surface area contributed by atoms with Gasteiger partial charge in [-0.1, -0.05) is 6.07 Å². The maximum atomic E-state index is 13.0. The summed E-state index contributed by atoms with van der Waals surface area (Å²) in [5.74, 6) is -0.226. The monoisotopic (exact) mass is 484 g/mol. The quantitative estimate of drug-likeness (QED) is 0.368. The van der Waals surface area contributed by atoms with Crippen LogP contribution in [0.4, 0.5) is 0 Å². The molecule has 0 fully saturated rings. The van der Waals surface area contributed by atoms with E-state index in [2.05, 4.69) is 15.3 Å². The Morgan fingerprint density at radius 2 is 2.03 bits per heavy atom. The van der Waals surface area contributed by atoms with Gasteiger partial charge in [0.05, 0.1) is 33.8 Å². The van der Waals surface area contributed by atoms with Gasteiger partial charge in [0.2, 0.25) is 5.91 Å². The number of carbonyl (C=O) groups excluding carboxylic acids is 1. The number of hydrogen-bond donors (Lipinski definition) is 1. The number of rotatable bonds is 6. The first kappa shape index (κ1) is 20.3. The lowest BCUT2D eigenvalue weighted by Crippen LogP contribution is -2.31. The maximum absolute atomic E-state index is 13.0. The lowest BCUT2D eigenvalue weighted by molar-refractivity contribution is -0.121. The van der Waals surface area contributed by atoms with E-state index in [1.54, 1.807) is 34.0 Å². The molecule has 0 unspecified atom stereocenters. The van der Waals surface area contributed by atoms with E-state index in [1.807, 2.05) is 47.3 Å². The van der Waals surface area contributed by atoms with E-state index in [4.69, 9.17) is 0 Å². The van der Waals surface area contributed by atoms with Gasteiger partial charge >= 0.3 is 0 Å². The summed E-state index contributed by atoms with van der Waals surface area (Å²) in [5, 5.41) is 10.5. The van der Waals surface area contributed by atoms with E-state index in [1.165, 1.54) is 22.2 Å². The van der Waals surface area contributed by atoms with Crippen LogP contribution in [0.3, 0.4) is 0 Å². The van der Waals surface area contributed by atoms with E-state index in [-0.39, 0.29) is 18.0 Å². The second kappa shape index (κ2) is 8.46. The first-order valence-corrected chi connectivity index (χ1v) is 12.8. The fourth-order valence-corrected chi connectivity index (χ4v) is 6.49. The Morgan fingerprint density at radius 3 is 2.81 bits per heavy atom. The number of aromatic nitrogens is 3. The molecule has 5 aromatic rings. The van der Waals surface area contributed by atoms with Crippen molar-refractivity contribution in [1.29, 1.82) is 0 Å². The van der Waals surface area contributed by atoms with Gasteiger partial charge in [0.25, 0.3) is 5.56 Å². The summed E-state index contributed by atoms with van der Waals surface area (Å²) in [6.45, 7) is 2.33. The molecule has 0 aliphatic heterocycles. The molecule has 0 saturated carbocycles. The molecule has 0 spiro atoms. The van der Waals surface area contributed by atoms with Crippen molar-refractivity contribution in [3.8, 4) is 21.0 Å². The number of thiophene rings is 3. The van der Waals surface area contributed by atoms with Gasteiger partial charge in [-0.2, -0.15) is 0 Å². The topological polar surface area (TPSA) is 76.9 Å². The van der Waals surface area contributed by atoms with Crippen molar-refractivity contribution in [2.45, 2.75) is 20.0 Å². The van der Waals surface area contributed by atoms with Crippen molar-refractivity contribution >= 4 is 61.5 Å². The molecule has 5 aromatic heterocycles. The molecule has 0 bridgehead atoms. The zero-order valence-electron chi connectivity index (χ0n) is 16.3. The van der Waals surface area contributed by atoms with E-state index < -0.39 is 0 Å². The molecule has 0 atom stereocenters. The van der Waals surface area contributed by atoms with Gasteiger partial charge in [-0.15, -0.1) is 45.3 Å². The van der Waals surface area contributed by atoms with Crippen LogP contribution in [0, 0.1) is 6.92 Å².